The van der Waals surface area contributed by atoms with Gasteiger partial charge >= 0.3 is 0 Å². The van der Waals surface area contributed by atoms with E-state index in [1.165, 1.54) is 10.8 Å². The topological polar surface area (TPSA) is 36.1 Å². The highest BCUT2D eigenvalue weighted by atomic mass is 16.3. The predicted molar refractivity (Wildman–Crippen MR) is 181 cm³/mol. The Labute approximate surface area is 249 Å². The molecule has 0 amide bonds. The van der Waals surface area contributed by atoms with Gasteiger partial charge in [0.15, 0.2) is 22.3 Å². The van der Waals surface area contributed by atoms with Gasteiger partial charge in [-0.2, -0.15) is 0 Å². The zero-order valence-electron chi connectivity index (χ0n) is 23.4. The quantitative estimate of drug-likeness (QED) is 0.136. The third-order valence-corrected chi connectivity index (χ3v) is 9.39. The summed E-state index contributed by atoms with van der Waals surface area (Å²) in [6, 6.07) is 47.5. The number of aromatic nitrogens is 2. The van der Waals surface area contributed by atoms with Crippen molar-refractivity contribution in [2.45, 2.75) is 0 Å². The summed E-state index contributed by atoms with van der Waals surface area (Å²) in [5.41, 5.74) is 9.70. The highest BCUT2D eigenvalue weighted by Gasteiger charge is 2.29. The average molecular weight is 563 g/mol. The van der Waals surface area contributed by atoms with E-state index in [2.05, 4.69) is 143 Å². The highest BCUT2D eigenvalue weighted by molar-refractivity contribution is 6.18. The van der Waals surface area contributed by atoms with Crippen molar-refractivity contribution in [3.63, 3.8) is 0 Å². The molecule has 11 rings (SSSR count). The van der Waals surface area contributed by atoms with Crippen molar-refractivity contribution >= 4 is 87.5 Å². The van der Waals surface area contributed by atoms with Crippen molar-refractivity contribution < 1.29 is 8.83 Å². The summed E-state index contributed by atoms with van der Waals surface area (Å²) in [6.07, 6.45) is 0. The number of benzene rings is 8. The molecular formula is C40H22N2O2. The Hall–Kier alpha value is -6.00. The number of nitrogens with zero attached hydrogens (tertiary/aromatic N) is 2. The lowest BCUT2D eigenvalue weighted by molar-refractivity contribution is 0.642. The molecule has 0 saturated heterocycles. The van der Waals surface area contributed by atoms with Crippen molar-refractivity contribution in [2.75, 3.05) is 0 Å². The minimum absolute atomic E-state index is 0.843. The molecule has 0 unspecified atom stereocenters. The molecule has 8 aromatic rings. The third-order valence-electron chi connectivity index (χ3n) is 9.39. The van der Waals surface area contributed by atoms with E-state index in [0.717, 1.165) is 88.1 Å². The Balaban J connectivity index is 1.54. The molecule has 0 radical (unpaired) electrons. The normalized spacial score (nSPS) is 12.5. The van der Waals surface area contributed by atoms with E-state index >= 15 is 0 Å². The molecule has 3 aliphatic rings. The highest BCUT2D eigenvalue weighted by Crippen LogP contribution is 2.47. The Morgan fingerprint density at radius 2 is 0.682 bits per heavy atom. The zero-order chi connectivity index (χ0) is 28.5. The Bertz CT molecular complexity index is 2740. The number of hydrogen-bond acceptors (Lipinski definition) is 2. The predicted octanol–water partition coefficient (Wildman–Crippen LogP) is 11.1. The van der Waals surface area contributed by atoms with Crippen LogP contribution in [0.3, 0.4) is 0 Å². The second-order valence-corrected chi connectivity index (χ2v) is 11.8. The first kappa shape index (κ1) is 22.6. The maximum Gasteiger partial charge on any atom is 0.154 e. The summed E-state index contributed by atoms with van der Waals surface area (Å²) in [5.74, 6) is 0. The summed E-state index contributed by atoms with van der Waals surface area (Å²) < 4.78 is 18.6. The van der Waals surface area contributed by atoms with E-state index in [-0.39, 0.29) is 0 Å². The van der Waals surface area contributed by atoms with E-state index < -0.39 is 0 Å². The second-order valence-electron chi connectivity index (χ2n) is 11.8. The Morgan fingerprint density at radius 3 is 1.11 bits per heavy atom. The molecule has 204 valence electrons. The van der Waals surface area contributed by atoms with Crippen LogP contribution in [0.2, 0.25) is 0 Å². The molecule has 0 saturated carbocycles. The van der Waals surface area contributed by atoms with Crippen molar-refractivity contribution in [2.24, 2.45) is 0 Å². The molecule has 4 heteroatoms. The maximum atomic E-state index is 6.87. The third kappa shape index (κ3) is 2.78. The summed E-state index contributed by atoms with van der Waals surface area (Å²) in [7, 11) is 0. The maximum absolute atomic E-state index is 6.87. The fourth-order valence-corrected chi connectivity index (χ4v) is 7.50. The smallest absolute Gasteiger partial charge is 0.154 e. The van der Waals surface area contributed by atoms with Gasteiger partial charge in [0.2, 0.25) is 0 Å². The van der Waals surface area contributed by atoms with Gasteiger partial charge in [-0.1, -0.05) is 97.1 Å². The largest absolute Gasteiger partial charge is 0.453 e. The molecule has 0 atom stereocenters. The Morgan fingerprint density at radius 1 is 0.341 bits per heavy atom. The molecule has 3 heterocycles. The SMILES string of the molecule is c1ccc2cc3c(cc2c1)oc1cc2ccccc2c2c1-n3c1c3c(cc4ccccc41)oc1cc4ccccc4cc1n2-3. The van der Waals surface area contributed by atoms with Crippen LogP contribution in [-0.4, -0.2) is 9.13 Å². The number of rotatable bonds is 0. The summed E-state index contributed by atoms with van der Waals surface area (Å²) in [6.45, 7) is 0. The molecule has 3 aliphatic heterocycles. The fraction of sp³-hybridized carbons (Fsp3) is 0. The van der Waals surface area contributed by atoms with E-state index in [9.17, 15) is 0 Å². The van der Waals surface area contributed by atoms with Crippen LogP contribution in [-0.2, 0) is 0 Å². The van der Waals surface area contributed by atoms with Crippen molar-refractivity contribution in [1.29, 1.82) is 0 Å². The van der Waals surface area contributed by atoms with Crippen molar-refractivity contribution in [3.05, 3.63) is 133 Å². The molecule has 0 aromatic heterocycles. The first-order valence-electron chi connectivity index (χ1n) is 14.9. The molecule has 0 fully saturated rings. The van der Waals surface area contributed by atoms with Gasteiger partial charge in [0.05, 0.1) is 22.1 Å². The lowest BCUT2D eigenvalue weighted by Crippen LogP contribution is -2.15. The minimum Gasteiger partial charge on any atom is -0.453 e. The molecule has 0 N–H and O–H groups in total. The van der Waals surface area contributed by atoms with Gasteiger partial charge in [-0.15, -0.1) is 0 Å². The van der Waals surface area contributed by atoms with E-state index in [0.29, 0.717) is 0 Å². The molecule has 4 nitrogen and oxygen atoms in total. The lowest BCUT2D eigenvalue weighted by Gasteiger charge is -2.29. The zero-order valence-corrected chi connectivity index (χ0v) is 23.4. The fourth-order valence-electron chi connectivity index (χ4n) is 7.50. The van der Waals surface area contributed by atoms with Crippen LogP contribution in [0.1, 0.15) is 0 Å². The van der Waals surface area contributed by atoms with E-state index in [1.54, 1.807) is 0 Å². The molecule has 0 bridgehead atoms. The van der Waals surface area contributed by atoms with Crippen LogP contribution < -0.4 is 0 Å². The molecule has 44 heavy (non-hydrogen) atoms. The molecule has 8 aromatic carbocycles. The van der Waals surface area contributed by atoms with Crippen LogP contribution >= 0.6 is 0 Å². The summed E-state index contributed by atoms with van der Waals surface area (Å²) in [4.78, 5) is 0. The Kier molecular flexibility index (Phi) is 4.04. The molecule has 0 spiro atoms. The summed E-state index contributed by atoms with van der Waals surface area (Å²) >= 11 is 0. The van der Waals surface area contributed by atoms with Crippen LogP contribution in [0.5, 0.6) is 0 Å². The van der Waals surface area contributed by atoms with Crippen molar-refractivity contribution in [1.82, 2.24) is 9.13 Å². The number of hydrogen-bond donors (Lipinski definition) is 0. The standard InChI is InChI=1S/C40H22N2O2/c1-3-11-25-19-33-31(17-23(25)9-1)41-37-29-15-7-5-13-27(29)22-36-40(37)42(32-18-24-10-2-4-12-26(24)20-34(32)44-36)38-30-16-8-6-14-28(30)21-35(43-33)39(38)41/h1-22H. The first-order chi connectivity index (χ1) is 21.8. The second kappa shape index (κ2) is 7.88. The van der Waals surface area contributed by atoms with Crippen LogP contribution in [0.4, 0.5) is 0 Å². The van der Waals surface area contributed by atoms with Gasteiger partial charge < -0.3 is 8.83 Å². The molecular weight excluding hydrogens is 540 g/mol. The van der Waals surface area contributed by atoms with Crippen molar-refractivity contribution in [3.8, 4) is 11.4 Å². The number of fused-ring (bicyclic) bond motifs is 12. The monoisotopic (exact) mass is 562 g/mol. The van der Waals surface area contributed by atoms with Crippen LogP contribution in [0.25, 0.3) is 98.9 Å². The minimum atomic E-state index is 0.843. The van der Waals surface area contributed by atoms with Gasteiger partial charge in [-0.05, 0) is 68.7 Å². The van der Waals surface area contributed by atoms with Gasteiger partial charge in [-0.3, -0.25) is 9.13 Å². The van der Waals surface area contributed by atoms with Gasteiger partial charge in [-0.25, -0.2) is 0 Å². The van der Waals surface area contributed by atoms with Crippen LogP contribution in [0.15, 0.2) is 142 Å². The van der Waals surface area contributed by atoms with E-state index in [1.807, 2.05) is 0 Å². The lowest BCUT2D eigenvalue weighted by atomic mass is 10.00. The van der Waals surface area contributed by atoms with Gasteiger partial charge in [0.1, 0.15) is 11.4 Å². The molecule has 0 aliphatic carbocycles. The van der Waals surface area contributed by atoms with Gasteiger partial charge in [0, 0.05) is 10.8 Å². The van der Waals surface area contributed by atoms with E-state index in [4.69, 9.17) is 8.83 Å². The first-order valence-corrected chi connectivity index (χ1v) is 14.9. The van der Waals surface area contributed by atoms with Gasteiger partial charge in [0.25, 0.3) is 0 Å². The average Bonchev–Trinajstić information content (AvgIpc) is 3.07. The van der Waals surface area contributed by atoms with Crippen LogP contribution in [0, 0.1) is 0 Å². The summed E-state index contributed by atoms with van der Waals surface area (Å²) in [5, 5.41) is 9.23.